The van der Waals surface area contributed by atoms with Crippen LogP contribution in [0, 0.1) is 5.41 Å². The Morgan fingerprint density at radius 1 is 1.24 bits per heavy atom. The molecule has 5 rings (SSSR count). The molecular formula is C16H15ClN4. The maximum atomic E-state index is 6.50. The summed E-state index contributed by atoms with van der Waals surface area (Å²) in [5.41, 5.74) is 4.01. The highest BCUT2D eigenvalue weighted by Crippen LogP contribution is 2.75. The van der Waals surface area contributed by atoms with Gasteiger partial charge in [0.15, 0.2) is 0 Å². The van der Waals surface area contributed by atoms with E-state index in [2.05, 4.69) is 22.3 Å². The molecular weight excluding hydrogens is 284 g/mol. The highest BCUT2D eigenvalue weighted by Gasteiger charge is 2.63. The van der Waals surface area contributed by atoms with Crippen LogP contribution in [0.4, 0.5) is 0 Å². The number of hydrogen-bond donors (Lipinski definition) is 0. The first-order valence-electron chi connectivity index (χ1n) is 7.32. The van der Waals surface area contributed by atoms with Crippen LogP contribution >= 0.6 is 11.6 Å². The Balaban J connectivity index is 1.69. The lowest BCUT2D eigenvalue weighted by molar-refractivity contribution is 0.766. The third kappa shape index (κ3) is 1.62. The van der Waals surface area contributed by atoms with Gasteiger partial charge in [-0.05, 0) is 48.3 Å². The minimum atomic E-state index is 0.608. The lowest BCUT2D eigenvalue weighted by Crippen LogP contribution is -1.95. The molecule has 2 aliphatic carbocycles. The van der Waals surface area contributed by atoms with Crippen molar-refractivity contribution in [2.24, 2.45) is 12.5 Å². The molecule has 1 aromatic carbocycles. The van der Waals surface area contributed by atoms with E-state index in [0.29, 0.717) is 11.3 Å². The minimum absolute atomic E-state index is 0.608. The summed E-state index contributed by atoms with van der Waals surface area (Å²) in [5.74, 6) is 0.659. The van der Waals surface area contributed by atoms with Gasteiger partial charge in [-0.1, -0.05) is 11.6 Å². The van der Waals surface area contributed by atoms with Gasteiger partial charge in [0.05, 0.1) is 24.1 Å². The second-order valence-corrected chi connectivity index (χ2v) is 6.89. The van der Waals surface area contributed by atoms with Gasteiger partial charge in [-0.2, -0.15) is 10.2 Å². The van der Waals surface area contributed by atoms with Crippen LogP contribution in [0.15, 0.2) is 30.7 Å². The van der Waals surface area contributed by atoms with Crippen molar-refractivity contribution in [3.63, 3.8) is 0 Å². The van der Waals surface area contributed by atoms with E-state index in [-0.39, 0.29) is 0 Å². The van der Waals surface area contributed by atoms with Crippen molar-refractivity contribution in [3.8, 4) is 5.69 Å². The molecule has 0 saturated heterocycles. The number of nitrogens with zero attached hydrogens (tertiary/aromatic N) is 4. The van der Waals surface area contributed by atoms with Crippen LogP contribution in [-0.4, -0.2) is 19.6 Å². The maximum absolute atomic E-state index is 6.50. The van der Waals surface area contributed by atoms with Crippen molar-refractivity contribution < 1.29 is 0 Å². The molecule has 0 aliphatic heterocycles. The molecule has 0 bridgehead atoms. The first-order chi connectivity index (χ1) is 10.2. The van der Waals surface area contributed by atoms with Crippen molar-refractivity contribution >= 4 is 22.5 Å². The minimum Gasteiger partial charge on any atom is -0.274 e. The first-order valence-corrected chi connectivity index (χ1v) is 7.70. The summed E-state index contributed by atoms with van der Waals surface area (Å²) in [4.78, 5) is 0. The van der Waals surface area contributed by atoms with Crippen LogP contribution < -0.4 is 0 Å². The Hall–Kier alpha value is -1.81. The van der Waals surface area contributed by atoms with E-state index in [0.717, 1.165) is 21.6 Å². The zero-order valence-corrected chi connectivity index (χ0v) is 12.5. The topological polar surface area (TPSA) is 35.6 Å². The van der Waals surface area contributed by atoms with E-state index in [4.69, 9.17) is 11.6 Å². The molecule has 5 heteroatoms. The summed E-state index contributed by atoms with van der Waals surface area (Å²) in [6.07, 6.45) is 9.72. The predicted octanol–water partition coefficient (Wildman–Crippen LogP) is 3.68. The Morgan fingerprint density at radius 2 is 2.10 bits per heavy atom. The SMILES string of the molecule is Cn1cc(-n2ncc3cc(Cl)c([C@H]4CC45CC5)cc32)cn1. The average molecular weight is 299 g/mol. The van der Waals surface area contributed by atoms with Crippen LogP contribution in [0.3, 0.4) is 0 Å². The quantitative estimate of drug-likeness (QED) is 0.723. The summed E-state index contributed by atoms with van der Waals surface area (Å²) in [7, 11) is 1.92. The first kappa shape index (κ1) is 11.8. The van der Waals surface area contributed by atoms with E-state index in [1.54, 1.807) is 4.68 Å². The number of rotatable bonds is 2. The molecule has 1 atom stereocenters. The molecule has 3 aromatic rings. The molecule has 2 heterocycles. The molecule has 0 radical (unpaired) electrons. The molecule has 2 aromatic heterocycles. The highest BCUT2D eigenvalue weighted by atomic mass is 35.5. The Morgan fingerprint density at radius 3 is 2.76 bits per heavy atom. The summed E-state index contributed by atoms with van der Waals surface area (Å²) in [6, 6.07) is 4.29. The van der Waals surface area contributed by atoms with Crippen LogP contribution in [-0.2, 0) is 7.05 Å². The van der Waals surface area contributed by atoms with Gasteiger partial charge in [0, 0.05) is 17.5 Å². The number of fused-ring (bicyclic) bond motifs is 1. The van der Waals surface area contributed by atoms with Crippen LogP contribution in [0.25, 0.3) is 16.6 Å². The van der Waals surface area contributed by atoms with Crippen molar-refractivity contribution in [2.75, 3.05) is 0 Å². The zero-order valence-electron chi connectivity index (χ0n) is 11.8. The molecule has 0 amide bonds. The second kappa shape index (κ2) is 3.69. The van der Waals surface area contributed by atoms with Crippen molar-refractivity contribution in [3.05, 3.63) is 41.3 Å². The Labute approximate surface area is 127 Å². The molecule has 1 spiro atoms. The molecule has 21 heavy (non-hydrogen) atoms. The summed E-state index contributed by atoms with van der Waals surface area (Å²) >= 11 is 6.50. The molecule has 0 unspecified atom stereocenters. The van der Waals surface area contributed by atoms with Gasteiger partial charge in [0.2, 0.25) is 0 Å². The molecule has 106 valence electrons. The molecule has 2 aliphatic rings. The largest absolute Gasteiger partial charge is 0.274 e. The fourth-order valence-corrected chi connectivity index (χ4v) is 3.86. The van der Waals surface area contributed by atoms with Crippen molar-refractivity contribution in [2.45, 2.75) is 25.2 Å². The van der Waals surface area contributed by atoms with Crippen molar-refractivity contribution in [1.82, 2.24) is 19.6 Å². The third-order valence-electron chi connectivity index (χ3n) is 5.08. The van der Waals surface area contributed by atoms with Gasteiger partial charge < -0.3 is 0 Å². The lowest BCUT2D eigenvalue weighted by Gasteiger charge is -2.06. The van der Waals surface area contributed by atoms with Gasteiger partial charge in [-0.25, -0.2) is 4.68 Å². The standard InChI is InChI=1S/C16H15ClN4/c1-20-9-11(8-18-20)21-15-5-12(13-6-16(13)2-3-16)14(17)4-10(15)7-19-21/h4-5,7-9,13H,2-3,6H2,1H3/t13-/m1/s1. The summed E-state index contributed by atoms with van der Waals surface area (Å²) in [5, 5.41) is 10.7. The fourth-order valence-electron chi connectivity index (χ4n) is 3.55. The Bertz CT molecular complexity index is 872. The summed E-state index contributed by atoms with van der Waals surface area (Å²) in [6.45, 7) is 0. The van der Waals surface area contributed by atoms with Gasteiger partial charge in [0.1, 0.15) is 5.69 Å². The van der Waals surface area contributed by atoms with Crippen LogP contribution in [0.2, 0.25) is 5.02 Å². The average Bonchev–Trinajstić information content (AvgIpc) is 3.29. The van der Waals surface area contributed by atoms with Gasteiger partial charge in [-0.15, -0.1) is 0 Å². The number of hydrogen-bond acceptors (Lipinski definition) is 2. The highest BCUT2D eigenvalue weighted by molar-refractivity contribution is 6.32. The smallest absolute Gasteiger partial charge is 0.103 e. The molecule has 0 N–H and O–H groups in total. The van der Waals surface area contributed by atoms with Gasteiger partial charge >= 0.3 is 0 Å². The van der Waals surface area contributed by atoms with Crippen LogP contribution in [0.5, 0.6) is 0 Å². The van der Waals surface area contributed by atoms with E-state index in [1.807, 2.05) is 30.3 Å². The molecule has 2 fully saturated rings. The summed E-state index contributed by atoms with van der Waals surface area (Å²) < 4.78 is 3.74. The second-order valence-electron chi connectivity index (χ2n) is 6.48. The van der Waals surface area contributed by atoms with E-state index < -0.39 is 0 Å². The van der Waals surface area contributed by atoms with Gasteiger partial charge in [-0.3, -0.25) is 4.68 Å². The molecule has 2 saturated carbocycles. The van der Waals surface area contributed by atoms with Crippen molar-refractivity contribution in [1.29, 1.82) is 0 Å². The molecule has 4 nitrogen and oxygen atoms in total. The number of halogens is 1. The predicted molar refractivity (Wildman–Crippen MR) is 81.9 cm³/mol. The Kier molecular flexibility index (Phi) is 2.07. The number of aromatic nitrogens is 4. The van der Waals surface area contributed by atoms with Crippen LogP contribution in [0.1, 0.15) is 30.7 Å². The number of aryl methyl sites for hydroxylation is 1. The maximum Gasteiger partial charge on any atom is 0.103 e. The zero-order chi connectivity index (χ0) is 14.2. The van der Waals surface area contributed by atoms with E-state index in [1.165, 1.54) is 24.8 Å². The monoisotopic (exact) mass is 298 g/mol. The normalized spacial score (nSPS) is 22.1. The van der Waals surface area contributed by atoms with E-state index >= 15 is 0 Å². The lowest BCUT2D eigenvalue weighted by atomic mass is 10.1. The third-order valence-corrected chi connectivity index (χ3v) is 5.41. The van der Waals surface area contributed by atoms with Gasteiger partial charge in [0.25, 0.3) is 0 Å². The van der Waals surface area contributed by atoms with E-state index in [9.17, 15) is 0 Å². The fraction of sp³-hybridized carbons (Fsp3) is 0.375. The number of benzene rings is 1.